The lowest BCUT2D eigenvalue weighted by molar-refractivity contribution is -0.134. The molecule has 1 fully saturated rings. The maximum atomic E-state index is 12.5. The van der Waals surface area contributed by atoms with Gasteiger partial charge in [0.05, 0.1) is 20.8 Å². The Morgan fingerprint density at radius 2 is 1.82 bits per heavy atom. The molecular weight excluding hydrogens is 372 g/mol. The molecule has 2 aromatic carbocycles. The Balaban J connectivity index is 1.33. The zero-order chi connectivity index (χ0) is 19.5. The van der Waals surface area contributed by atoms with Crippen LogP contribution in [0.15, 0.2) is 48.5 Å². The van der Waals surface area contributed by atoms with E-state index in [1.807, 2.05) is 23.1 Å². The van der Waals surface area contributed by atoms with Crippen LogP contribution in [0, 0.1) is 0 Å². The minimum atomic E-state index is -0.0697. The normalized spacial score (nSPS) is 15.0. The molecule has 0 bridgehead atoms. The fourth-order valence-electron chi connectivity index (χ4n) is 3.55. The summed E-state index contributed by atoms with van der Waals surface area (Å²) in [5, 5.41) is 1.17. The van der Waals surface area contributed by atoms with Crippen LogP contribution in [0.2, 0.25) is 0 Å². The average Bonchev–Trinajstić information content (AvgIpc) is 3.16. The predicted octanol–water partition coefficient (Wildman–Crippen LogP) is 4.28. The standard InChI is InChI=1S/C22H22N2O3S/c1-15(25)17-6-2-4-8-19(17)27-14-21(26)24-12-10-16(11-13-24)22-23-18-7-3-5-9-20(18)28-22/h2-9,16H,10-14H2,1H3. The van der Waals surface area contributed by atoms with E-state index in [4.69, 9.17) is 9.72 Å². The molecule has 0 saturated carbocycles. The molecule has 0 N–H and O–H groups in total. The summed E-state index contributed by atoms with van der Waals surface area (Å²) in [4.78, 5) is 30.8. The molecule has 1 aliphatic heterocycles. The summed E-state index contributed by atoms with van der Waals surface area (Å²) in [6, 6.07) is 15.2. The van der Waals surface area contributed by atoms with Crippen LogP contribution >= 0.6 is 11.3 Å². The molecular formula is C22H22N2O3S. The van der Waals surface area contributed by atoms with Gasteiger partial charge < -0.3 is 9.64 Å². The summed E-state index contributed by atoms with van der Waals surface area (Å²) in [5.74, 6) is 0.759. The van der Waals surface area contributed by atoms with Crippen molar-refractivity contribution >= 4 is 33.2 Å². The number of amides is 1. The molecule has 5 nitrogen and oxygen atoms in total. The van der Waals surface area contributed by atoms with E-state index >= 15 is 0 Å². The second-order valence-corrected chi connectivity index (χ2v) is 8.08. The Kier molecular flexibility index (Phi) is 5.39. The van der Waals surface area contributed by atoms with Crippen LogP contribution in [-0.4, -0.2) is 41.3 Å². The highest BCUT2D eigenvalue weighted by molar-refractivity contribution is 7.18. The molecule has 1 aromatic heterocycles. The first-order chi connectivity index (χ1) is 13.6. The molecule has 0 atom stereocenters. The molecule has 3 aromatic rings. The Labute approximate surface area is 168 Å². The number of ether oxygens (including phenoxy) is 1. The van der Waals surface area contributed by atoms with Crippen LogP contribution in [-0.2, 0) is 4.79 Å². The number of nitrogens with zero attached hydrogens (tertiary/aromatic N) is 2. The van der Waals surface area contributed by atoms with Crippen LogP contribution < -0.4 is 4.74 Å². The minimum Gasteiger partial charge on any atom is -0.483 e. The van der Waals surface area contributed by atoms with Crippen molar-refractivity contribution in [2.45, 2.75) is 25.7 Å². The largest absolute Gasteiger partial charge is 0.483 e. The van der Waals surface area contributed by atoms with Crippen LogP contribution in [0.25, 0.3) is 10.2 Å². The summed E-state index contributed by atoms with van der Waals surface area (Å²) in [6.45, 7) is 2.86. The third-order valence-corrected chi connectivity index (χ3v) is 6.32. The van der Waals surface area contributed by atoms with E-state index in [0.29, 0.717) is 30.3 Å². The molecule has 4 rings (SSSR count). The molecule has 28 heavy (non-hydrogen) atoms. The van der Waals surface area contributed by atoms with Crippen LogP contribution in [0.4, 0.5) is 0 Å². The number of Topliss-reactive ketones (excluding diaryl/α,β-unsaturated/α-hetero) is 1. The monoisotopic (exact) mass is 394 g/mol. The zero-order valence-electron chi connectivity index (χ0n) is 15.8. The molecule has 0 spiro atoms. The number of benzene rings is 2. The first-order valence-electron chi connectivity index (χ1n) is 9.48. The van der Waals surface area contributed by atoms with Gasteiger partial charge in [0.2, 0.25) is 0 Å². The van der Waals surface area contributed by atoms with Crippen molar-refractivity contribution in [2.24, 2.45) is 0 Å². The van der Waals surface area contributed by atoms with Gasteiger partial charge in [0.25, 0.3) is 5.91 Å². The van der Waals surface area contributed by atoms with Gasteiger partial charge in [-0.05, 0) is 44.0 Å². The lowest BCUT2D eigenvalue weighted by Crippen LogP contribution is -2.40. The smallest absolute Gasteiger partial charge is 0.260 e. The quantitative estimate of drug-likeness (QED) is 0.606. The SMILES string of the molecule is CC(=O)c1ccccc1OCC(=O)N1CCC(c2nc3ccccc3s2)CC1. The van der Waals surface area contributed by atoms with Gasteiger partial charge in [0.1, 0.15) is 5.75 Å². The highest BCUT2D eigenvalue weighted by atomic mass is 32.1. The Hall–Kier alpha value is -2.73. The number of fused-ring (bicyclic) bond motifs is 1. The van der Waals surface area contributed by atoms with Gasteiger partial charge in [0, 0.05) is 19.0 Å². The number of carbonyl (C=O) groups excluding carboxylic acids is 2. The number of carbonyl (C=O) groups is 2. The van der Waals surface area contributed by atoms with Gasteiger partial charge >= 0.3 is 0 Å². The van der Waals surface area contributed by atoms with Gasteiger partial charge in [-0.15, -0.1) is 11.3 Å². The molecule has 1 saturated heterocycles. The number of para-hydroxylation sites is 2. The van der Waals surface area contributed by atoms with Gasteiger partial charge in [-0.2, -0.15) is 0 Å². The van der Waals surface area contributed by atoms with Crippen molar-refractivity contribution in [3.63, 3.8) is 0 Å². The minimum absolute atomic E-state index is 0.0406. The predicted molar refractivity (Wildman–Crippen MR) is 110 cm³/mol. The third-order valence-electron chi connectivity index (χ3n) is 5.12. The Morgan fingerprint density at radius 3 is 2.57 bits per heavy atom. The summed E-state index contributed by atoms with van der Waals surface area (Å²) in [5.41, 5.74) is 1.56. The van der Waals surface area contributed by atoms with Gasteiger partial charge in [-0.1, -0.05) is 24.3 Å². The van der Waals surface area contributed by atoms with Crippen molar-refractivity contribution in [3.05, 3.63) is 59.1 Å². The summed E-state index contributed by atoms with van der Waals surface area (Å²) in [6.07, 6.45) is 1.82. The van der Waals surface area contributed by atoms with E-state index in [2.05, 4.69) is 6.07 Å². The maximum absolute atomic E-state index is 12.5. The van der Waals surface area contributed by atoms with E-state index in [1.165, 1.54) is 16.6 Å². The number of hydrogen-bond acceptors (Lipinski definition) is 5. The third kappa shape index (κ3) is 3.92. The molecule has 6 heteroatoms. The van der Waals surface area contributed by atoms with Crippen molar-refractivity contribution in [1.82, 2.24) is 9.88 Å². The molecule has 144 valence electrons. The number of rotatable bonds is 5. The van der Waals surface area contributed by atoms with Crippen molar-refractivity contribution in [3.8, 4) is 5.75 Å². The number of ketones is 1. The van der Waals surface area contributed by atoms with E-state index in [1.54, 1.807) is 35.6 Å². The van der Waals surface area contributed by atoms with Crippen molar-refractivity contribution < 1.29 is 14.3 Å². The first kappa shape index (κ1) is 18.6. The van der Waals surface area contributed by atoms with Crippen LogP contribution in [0.5, 0.6) is 5.75 Å². The highest BCUT2D eigenvalue weighted by Crippen LogP contribution is 2.33. The number of hydrogen-bond donors (Lipinski definition) is 0. The maximum Gasteiger partial charge on any atom is 0.260 e. The zero-order valence-corrected chi connectivity index (χ0v) is 16.6. The Bertz CT molecular complexity index is 973. The fraction of sp³-hybridized carbons (Fsp3) is 0.318. The lowest BCUT2D eigenvalue weighted by atomic mass is 9.97. The Morgan fingerprint density at radius 1 is 1.11 bits per heavy atom. The number of piperidine rings is 1. The van der Waals surface area contributed by atoms with Gasteiger partial charge in [-0.25, -0.2) is 4.98 Å². The van der Waals surface area contributed by atoms with Crippen molar-refractivity contribution in [2.75, 3.05) is 19.7 Å². The molecule has 1 aliphatic rings. The van der Waals surface area contributed by atoms with E-state index < -0.39 is 0 Å². The highest BCUT2D eigenvalue weighted by Gasteiger charge is 2.26. The molecule has 0 aliphatic carbocycles. The molecule has 0 radical (unpaired) electrons. The molecule has 0 unspecified atom stereocenters. The number of aromatic nitrogens is 1. The second-order valence-electron chi connectivity index (χ2n) is 7.02. The van der Waals surface area contributed by atoms with Gasteiger partial charge in [-0.3, -0.25) is 9.59 Å². The first-order valence-corrected chi connectivity index (χ1v) is 10.3. The van der Waals surface area contributed by atoms with Crippen LogP contribution in [0.1, 0.15) is 41.0 Å². The summed E-state index contributed by atoms with van der Waals surface area (Å²) < 4.78 is 6.86. The number of thiazole rings is 1. The molecule has 2 heterocycles. The van der Waals surface area contributed by atoms with E-state index in [-0.39, 0.29) is 18.3 Å². The lowest BCUT2D eigenvalue weighted by Gasteiger charge is -2.31. The molecule has 1 amide bonds. The van der Waals surface area contributed by atoms with Crippen LogP contribution in [0.3, 0.4) is 0 Å². The average molecular weight is 394 g/mol. The van der Waals surface area contributed by atoms with Crippen molar-refractivity contribution in [1.29, 1.82) is 0 Å². The number of likely N-dealkylation sites (tertiary alicyclic amines) is 1. The fourth-order valence-corrected chi connectivity index (χ4v) is 4.69. The van der Waals surface area contributed by atoms with E-state index in [0.717, 1.165) is 18.4 Å². The summed E-state index contributed by atoms with van der Waals surface area (Å²) in [7, 11) is 0. The van der Waals surface area contributed by atoms with Gasteiger partial charge in [0.15, 0.2) is 12.4 Å². The summed E-state index contributed by atoms with van der Waals surface area (Å²) >= 11 is 1.75. The topological polar surface area (TPSA) is 59.5 Å². The van der Waals surface area contributed by atoms with E-state index in [9.17, 15) is 9.59 Å². The second kappa shape index (κ2) is 8.10.